The second-order valence-corrected chi connectivity index (χ2v) is 5.60. The van der Waals surface area contributed by atoms with Gasteiger partial charge in [-0.25, -0.2) is 14.2 Å². The van der Waals surface area contributed by atoms with Crippen LogP contribution in [0, 0.1) is 5.82 Å². The molecule has 0 saturated heterocycles. The molecule has 0 aliphatic rings. The van der Waals surface area contributed by atoms with Crippen LogP contribution in [0.5, 0.6) is 0 Å². The van der Waals surface area contributed by atoms with Crippen LogP contribution in [0.25, 0.3) is 6.08 Å². The molecule has 1 heterocycles. The molecule has 9 heteroatoms. The Labute approximate surface area is 146 Å². The highest BCUT2D eigenvalue weighted by Gasteiger charge is 2.20. The van der Waals surface area contributed by atoms with Gasteiger partial charge in [0.2, 0.25) is 5.91 Å². The molecule has 130 valence electrons. The molecule has 25 heavy (non-hydrogen) atoms. The second kappa shape index (κ2) is 8.15. The van der Waals surface area contributed by atoms with Crippen LogP contribution in [-0.2, 0) is 19.1 Å². The standard InChI is InChI=1S/C16H14FN3O4S/c1-10(21)20(13-5-3-2-4-12(13)17)16-19-11(9-25-16)6-7-15(23)24-8-14(18)22/h2-7,9H,8H2,1H3,(H2,18,22)/b7-6+. The summed E-state index contributed by atoms with van der Waals surface area (Å²) in [7, 11) is 0. The van der Waals surface area contributed by atoms with E-state index in [4.69, 9.17) is 5.73 Å². The lowest BCUT2D eigenvalue weighted by Gasteiger charge is -2.18. The van der Waals surface area contributed by atoms with Crippen molar-refractivity contribution in [2.24, 2.45) is 5.73 Å². The van der Waals surface area contributed by atoms with E-state index in [9.17, 15) is 18.8 Å². The van der Waals surface area contributed by atoms with Gasteiger partial charge in [0, 0.05) is 18.4 Å². The number of nitrogens with zero attached hydrogens (tertiary/aromatic N) is 2. The highest BCUT2D eigenvalue weighted by atomic mass is 32.1. The number of ether oxygens (including phenoxy) is 1. The molecule has 0 atom stereocenters. The first-order valence-corrected chi connectivity index (χ1v) is 7.90. The number of anilines is 2. The van der Waals surface area contributed by atoms with Gasteiger partial charge in [-0.1, -0.05) is 12.1 Å². The molecule has 0 radical (unpaired) electrons. The quantitative estimate of drug-likeness (QED) is 0.625. The van der Waals surface area contributed by atoms with Crippen LogP contribution in [0.15, 0.2) is 35.7 Å². The van der Waals surface area contributed by atoms with Crippen molar-refractivity contribution < 1.29 is 23.5 Å². The minimum Gasteiger partial charge on any atom is -0.452 e. The van der Waals surface area contributed by atoms with E-state index in [0.717, 1.165) is 22.3 Å². The van der Waals surface area contributed by atoms with Crippen LogP contribution in [-0.4, -0.2) is 29.4 Å². The first-order chi connectivity index (χ1) is 11.9. The number of rotatable bonds is 6. The smallest absolute Gasteiger partial charge is 0.331 e. The Bertz CT molecular complexity index is 834. The number of benzene rings is 1. The first-order valence-electron chi connectivity index (χ1n) is 7.02. The van der Waals surface area contributed by atoms with Crippen molar-refractivity contribution in [3.63, 3.8) is 0 Å². The van der Waals surface area contributed by atoms with Gasteiger partial charge < -0.3 is 10.5 Å². The highest BCUT2D eigenvalue weighted by molar-refractivity contribution is 7.14. The van der Waals surface area contributed by atoms with Crippen LogP contribution in [0.2, 0.25) is 0 Å². The molecule has 2 N–H and O–H groups in total. The number of esters is 1. The predicted octanol–water partition coefficient (Wildman–Crippen LogP) is 2.01. The SMILES string of the molecule is CC(=O)N(c1nc(/C=C/C(=O)OCC(N)=O)cs1)c1ccccc1F. The maximum absolute atomic E-state index is 14.0. The molecule has 1 aromatic carbocycles. The van der Waals surface area contributed by atoms with Crippen molar-refractivity contribution >= 4 is 46.0 Å². The number of para-hydroxylation sites is 1. The van der Waals surface area contributed by atoms with Gasteiger partial charge in [0.1, 0.15) is 5.82 Å². The van der Waals surface area contributed by atoms with Crippen molar-refractivity contribution in [2.75, 3.05) is 11.5 Å². The maximum atomic E-state index is 14.0. The summed E-state index contributed by atoms with van der Waals surface area (Å²) in [6.07, 6.45) is 2.42. The van der Waals surface area contributed by atoms with Crippen molar-refractivity contribution in [2.45, 2.75) is 6.92 Å². The van der Waals surface area contributed by atoms with Crippen LogP contribution in [0.1, 0.15) is 12.6 Å². The molecular formula is C16H14FN3O4S. The normalized spacial score (nSPS) is 10.6. The number of carbonyl (C=O) groups excluding carboxylic acids is 3. The average molecular weight is 363 g/mol. The molecule has 7 nitrogen and oxygen atoms in total. The molecule has 0 bridgehead atoms. The summed E-state index contributed by atoms with van der Waals surface area (Å²) in [6.45, 7) is 0.779. The van der Waals surface area contributed by atoms with E-state index >= 15 is 0 Å². The van der Waals surface area contributed by atoms with Crippen molar-refractivity contribution in [3.05, 3.63) is 47.2 Å². The summed E-state index contributed by atoms with van der Waals surface area (Å²) >= 11 is 1.11. The fourth-order valence-corrected chi connectivity index (χ4v) is 2.69. The molecule has 0 spiro atoms. The zero-order valence-corrected chi connectivity index (χ0v) is 14.0. The monoisotopic (exact) mass is 363 g/mol. The molecule has 0 aliphatic carbocycles. The molecule has 0 aliphatic heterocycles. The van der Waals surface area contributed by atoms with Gasteiger partial charge >= 0.3 is 5.97 Å². The van der Waals surface area contributed by atoms with Crippen molar-refractivity contribution in [1.82, 2.24) is 4.98 Å². The summed E-state index contributed by atoms with van der Waals surface area (Å²) in [6, 6.07) is 5.84. The Hall–Kier alpha value is -3.07. The number of halogens is 1. The Kier molecular flexibility index (Phi) is 5.96. The van der Waals surface area contributed by atoms with Gasteiger partial charge in [-0.2, -0.15) is 0 Å². The minimum atomic E-state index is -0.764. The first kappa shape index (κ1) is 18.3. The van der Waals surface area contributed by atoms with E-state index in [0.29, 0.717) is 5.69 Å². The lowest BCUT2D eigenvalue weighted by Crippen LogP contribution is -2.23. The third-order valence-corrected chi connectivity index (χ3v) is 3.70. The number of nitrogens with two attached hydrogens (primary N) is 1. The fourth-order valence-electron chi connectivity index (χ4n) is 1.84. The second-order valence-electron chi connectivity index (χ2n) is 4.77. The van der Waals surface area contributed by atoms with E-state index in [-0.39, 0.29) is 10.8 Å². The Balaban J connectivity index is 2.18. The maximum Gasteiger partial charge on any atom is 0.331 e. The van der Waals surface area contributed by atoms with Crippen molar-refractivity contribution in [1.29, 1.82) is 0 Å². The predicted molar refractivity (Wildman–Crippen MR) is 90.5 cm³/mol. The number of amides is 2. The zero-order chi connectivity index (χ0) is 18.4. The Morgan fingerprint density at radius 1 is 1.36 bits per heavy atom. The van der Waals surface area contributed by atoms with Gasteiger partial charge in [0.15, 0.2) is 11.7 Å². The Morgan fingerprint density at radius 3 is 2.72 bits per heavy atom. The summed E-state index contributed by atoms with van der Waals surface area (Å²) in [5.74, 6) is -2.48. The number of primary amides is 1. The topological polar surface area (TPSA) is 103 Å². The summed E-state index contributed by atoms with van der Waals surface area (Å²) in [4.78, 5) is 39.1. The highest BCUT2D eigenvalue weighted by Crippen LogP contribution is 2.30. The number of thiazole rings is 1. The van der Waals surface area contributed by atoms with Gasteiger partial charge in [0.05, 0.1) is 11.4 Å². The van der Waals surface area contributed by atoms with Crippen LogP contribution in [0.4, 0.5) is 15.2 Å². The zero-order valence-electron chi connectivity index (χ0n) is 13.1. The van der Waals surface area contributed by atoms with Crippen molar-refractivity contribution in [3.8, 4) is 0 Å². The molecule has 2 amide bonds. The van der Waals surface area contributed by atoms with Gasteiger partial charge in [-0.15, -0.1) is 11.3 Å². The van der Waals surface area contributed by atoms with E-state index in [2.05, 4.69) is 9.72 Å². The largest absolute Gasteiger partial charge is 0.452 e. The average Bonchev–Trinajstić information content (AvgIpc) is 3.01. The van der Waals surface area contributed by atoms with Gasteiger partial charge in [0.25, 0.3) is 5.91 Å². The molecule has 2 rings (SSSR count). The minimum absolute atomic E-state index is 0.0840. The Morgan fingerprint density at radius 2 is 2.08 bits per heavy atom. The molecular weight excluding hydrogens is 349 g/mol. The lowest BCUT2D eigenvalue weighted by molar-refractivity contribution is -0.142. The van der Waals surface area contributed by atoms with E-state index in [1.807, 2.05) is 0 Å². The van der Waals surface area contributed by atoms with E-state index < -0.39 is 30.2 Å². The third kappa shape index (κ3) is 4.95. The van der Waals surface area contributed by atoms with Crippen LogP contribution in [0.3, 0.4) is 0 Å². The third-order valence-electron chi connectivity index (χ3n) is 2.86. The molecule has 2 aromatic rings. The van der Waals surface area contributed by atoms with Crippen LogP contribution >= 0.6 is 11.3 Å². The van der Waals surface area contributed by atoms with Gasteiger partial charge in [-0.05, 0) is 18.2 Å². The van der Waals surface area contributed by atoms with Crippen LogP contribution < -0.4 is 10.6 Å². The molecule has 0 saturated carbocycles. The van der Waals surface area contributed by atoms with Gasteiger partial charge in [-0.3, -0.25) is 14.5 Å². The number of aromatic nitrogens is 1. The van der Waals surface area contributed by atoms with E-state index in [1.165, 1.54) is 31.2 Å². The lowest BCUT2D eigenvalue weighted by atomic mass is 10.3. The molecule has 0 fully saturated rings. The number of hydrogen-bond acceptors (Lipinski definition) is 6. The molecule has 1 aromatic heterocycles. The summed E-state index contributed by atoms with van der Waals surface area (Å²) in [5, 5.41) is 1.84. The number of hydrogen-bond donors (Lipinski definition) is 1. The van der Waals surface area contributed by atoms with E-state index in [1.54, 1.807) is 11.4 Å². The number of carbonyl (C=O) groups is 3. The summed E-state index contributed by atoms with van der Waals surface area (Å²) in [5.41, 5.74) is 5.32. The molecule has 0 unspecified atom stereocenters. The summed E-state index contributed by atoms with van der Waals surface area (Å²) < 4.78 is 18.5. The fraction of sp³-hybridized carbons (Fsp3) is 0.125.